The van der Waals surface area contributed by atoms with Gasteiger partial charge in [-0.2, -0.15) is 8.42 Å². The summed E-state index contributed by atoms with van der Waals surface area (Å²) in [5.74, 6) is -2.10. The Labute approximate surface area is 89.1 Å². The molecule has 10 heteroatoms. The van der Waals surface area contributed by atoms with E-state index in [0.29, 0.717) is 0 Å². The number of nitrogens with zero attached hydrogens (tertiary/aromatic N) is 1. The third-order valence-corrected chi connectivity index (χ3v) is 5.42. The second-order valence-electron chi connectivity index (χ2n) is 3.62. The van der Waals surface area contributed by atoms with Crippen LogP contribution in [0.2, 0.25) is 0 Å². The van der Waals surface area contributed by atoms with Crippen LogP contribution in [0.1, 0.15) is 0 Å². The minimum Gasteiger partial charge on any atom is -0.475 e. The summed E-state index contributed by atoms with van der Waals surface area (Å²) in [6.45, 7) is 0. The molecule has 15 heavy (non-hydrogen) atoms. The Balaban J connectivity index is 6.24. The quantitative estimate of drug-likeness (QED) is 0.321. The van der Waals surface area contributed by atoms with E-state index >= 15 is 0 Å². The summed E-state index contributed by atoms with van der Waals surface area (Å²) in [6.07, 6.45) is 0. The molecule has 0 bridgehead atoms. The third kappa shape index (κ3) is 2.03. The van der Waals surface area contributed by atoms with Crippen molar-refractivity contribution in [1.82, 2.24) is 0 Å². The Kier molecular flexibility index (Phi) is 3.65. The molecule has 90 valence electrons. The average molecular weight is 262 g/mol. The lowest BCUT2D eigenvalue weighted by atomic mass is 10.5. The average Bonchev–Trinajstić information content (AvgIpc) is 1.75. The lowest BCUT2D eigenvalue weighted by molar-refractivity contribution is -0.883. The van der Waals surface area contributed by atoms with Gasteiger partial charge in [-0.15, -0.1) is 0 Å². The maximum atomic E-state index is 11.0. The van der Waals surface area contributed by atoms with Gasteiger partial charge in [0.1, 0.15) is 0 Å². The van der Waals surface area contributed by atoms with Crippen LogP contribution in [0.15, 0.2) is 0 Å². The zero-order valence-corrected chi connectivity index (χ0v) is 9.87. The standard InChI is InChI=1S/C5H11NO7S2/c1-6(2,3)5(4(7)8,14(9)10)15(11,12)13/h1-3H3,(H2-,7,8,9,10,11,12,13)/p+1. The van der Waals surface area contributed by atoms with Gasteiger partial charge in [-0.05, 0) is 0 Å². The number of aliphatic carboxylic acids is 1. The van der Waals surface area contributed by atoms with Crippen molar-refractivity contribution in [2.24, 2.45) is 0 Å². The lowest BCUT2D eigenvalue weighted by Gasteiger charge is -2.36. The topological polar surface area (TPSA) is 129 Å². The van der Waals surface area contributed by atoms with Crippen LogP contribution in [0.3, 0.4) is 0 Å². The SMILES string of the molecule is C[N+](C)(C)C(C(=O)O)(S(=O)O)S(=O)(=O)O. The summed E-state index contributed by atoms with van der Waals surface area (Å²) < 4.78 is 46.4. The third-order valence-electron chi connectivity index (χ3n) is 1.74. The van der Waals surface area contributed by atoms with Gasteiger partial charge in [0.25, 0.3) is 0 Å². The minimum atomic E-state index is -5.26. The van der Waals surface area contributed by atoms with E-state index in [9.17, 15) is 17.4 Å². The van der Waals surface area contributed by atoms with Gasteiger partial charge < -0.3 is 5.11 Å². The van der Waals surface area contributed by atoms with Crippen LogP contribution in [0.25, 0.3) is 0 Å². The first-order valence-corrected chi connectivity index (χ1v) is 6.06. The summed E-state index contributed by atoms with van der Waals surface area (Å²) >= 11 is -3.30. The highest BCUT2D eigenvalue weighted by Gasteiger charge is 2.68. The highest BCUT2D eigenvalue weighted by molar-refractivity contribution is 8.03. The largest absolute Gasteiger partial charge is 0.475 e. The van der Waals surface area contributed by atoms with Crippen molar-refractivity contribution >= 4 is 27.2 Å². The highest BCUT2D eigenvalue weighted by Crippen LogP contribution is 2.28. The smallest absolute Gasteiger partial charge is 0.419 e. The maximum Gasteiger partial charge on any atom is 0.419 e. The molecule has 3 N–H and O–H groups in total. The fourth-order valence-corrected chi connectivity index (χ4v) is 3.39. The molecule has 0 radical (unpaired) electrons. The molecule has 0 heterocycles. The van der Waals surface area contributed by atoms with Gasteiger partial charge in [0.05, 0.1) is 21.1 Å². The van der Waals surface area contributed by atoms with Crippen molar-refractivity contribution in [3.63, 3.8) is 0 Å². The van der Waals surface area contributed by atoms with Gasteiger partial charge >= 0.3 is 20.3 Å². The molecular weight excluding hydrogens is 250 g/mol. The van der Waals surface area contributed by atoms with E-state index in [-0.39, 0.29) is 0 Å². The lowest BCUT2D eigenvalue weighted by Crippen LogP contribution is -2.68. The molecule has 0 aliphatic carbocycles. The molecule has 2 unspecified atom stereocenters. The van der Waals surface area contributed by atoms with Crippen molar-refractivity contribution in [2.45, 2.75) is 4.20 Å². The van der Waals surface area contributed by atoms with Crippen molar-refractivity contribution in [3.8, 4) is 0 Å². The Morgan fingerprint density at radius 2 is 1.67 bits per heavy atom. The predicted octanol–water partition coefficient (Wildman–Crippen LogP) is -1.46. The Bertz CT molecular complexity index is 378. The summed E-state index contributed by atoms with van der Waals surface area (Å²) in [5, 5.41) is 8.76. The van der Waals surface area contributed by atoms with Gasteiger partial charge in [0.2, 0.25) is 11.1 Å². The Hall–Kier alpha value is -0.550. The minimum absolute atomic E-state index is 0.954. The van der Waals surface area contributed by atoms with E-state index in [0.717, 1.165) is 21.1 Å². The Morgan fingerprint density at radius 3 is 1.67 bits per heavy atom. The first-order chi connectivity index (χ1) is 6.39. The van der Waals surface area contributed by atoms with Gasteiger partial charge in [-0.1, -0.05) is 0 Å². The highest BCUT2D eigenvalue weighted by atomic mass is 32.3. The van der Waals surface area contributed by atoms with E-state index in [1.807, 2.05) is 0 Å². The van der Waals surface area contributed by atoms with Crippen LogP contribution in [0, 0.1) is 0 Å². The maximum absolute atomic E-state index is 11.0. The van der Waals surface area contributed by atoms with E-state index in [1.54, 1.807) is 0 Å². The molecule has 0 aromatic rings. The van der Waals surface area contributed by atoms with Crippen LogP contribution < -0.4 is 0 Å². The molecule has 0 spiro atoms. The summed E-state index contributed by atoms with van der Waals surface area (Å²) in [4.78, 5) is 10.8. The molecular formula is C5H12NO7S2+. The molecule has 0 rings (SSSR count). The van der Waals surface area contributed by atoms with Crippen LogP contribution in [0.5, 0.6) is 0 Å². The number of carbonyl (C=O) groups is 1. The molecule has 0 amide bonds. The van der Waals surface area contributed by atoms with Crippen LogP contribution >= 0.6 is 0 Å². The van der Waals surface area contributed by atoms with Crippen molar-refractivity contribution < 1.29 is 36.1 Å². The molecule has 0 fully saturated rings. The molecule has 0 saturated heterocycles. The monoisotopic (exact) mass is 262 g/mol. The summed E-state index contributed by atoms with van der Waals surface area (Å²) in [7, 11) is -2.06. The van der Waals surface area contributed by atoms with Gasteiger partial charge in [0, 0.05) is 0 Å². The molecule has 0 aliphatic rings. The second kappa shape index (κ2) is 3.79. The van der Waals surface area contributed by atoms with E-state index in [2.05, 4.69) is 0 Å². The van der Waals surface area contributed by atoms with E-state index < -0.39 is 35.9 Å². The zero-order chi connectivity index (χ0) is 12.7. The summed E-state index contributed by atoms with van der Waals surface area (Å²) in [6, 6.07) is 0. The second-order valence-corrected chi connectivity index (χ2v) is 6.51. The zero-order valence-electron chi connectivity index (χ0n) is 8.24. The van der Waals surface area contributed by atoms with Crippen molar-refractivity contribution in [1.29, 1.82) is 0 Å². The van der Waals surface area contributed by atoms with Crippen LogP contribution in [-0.4, -0.2) is 62.6 Å². The van der Waals surface area contributed by atoms with Crippen LogP contribution in [0.4, 0.5) is 0 Å². The molecule has 0 aromatic heterocycles. The van der Waals surface area contributed by atoms with Crippen molar-refractivity contribution in [3.05, 3.63) is 0 Å². The normalized spacial score (nSPS) is 19.3. The number of rotatable bonds is 4. The van der Waals surface area contributed by atoms with Crippen molar-refractivity contribution in [2.75, 3.05) is 21.1 Å². The predicted molar refractivity (Wildman–Crippen MR) is 50.7 cm³/mol. The molecule has 0 aliphatic heterocycles. The number of likely N-dealkylation sites (N-methyl/N-ethyl adjacent to an activating group) is 1. The first-order valence-electron chi connectivity index (χ1n) is 3.52. The number of carboxylic acid groups (broad SMARTS) is 1. The fraction of sp³-hybridized carbons (Fsp3) is 0.800. The number of quaternary nitrogens is 1. The molecule has 0 aromatic carbocycles. The van der Waals surface area contributed by atoms with Gasteiger partial charge in [0.15, 0.2) is 0 Å². The fourth-order valence-electron chi connectivity index (χ4n) is 1.14. The Morgan fingerprint density at radius 1 is 1.33 bits per heavy atom. The summed E-state index contributed by atoms with van der Waals surface area (Å²) in [5.41, 5.74) is 0. The number of carboxylic acids is 1. The van der Waals surface area contributed by atoms with Gasteiger partial charge in [-0.25, -0.2) is 9.00 Å². The number of hydrogen-bond donors (Lipinski definition) is 3. The number of hydrogen-bond acceptors (Lipinski definition) is 4. The molecule has 8 nitrogen and oxygen atoms in total. The van der Waals surface area contributed by atoms with Crippen LogP contribution in [-0.2, 0) is 26.0 Å². The molecule has 2 atom stereocenters. The van der Waals surface area contributed by atoms with E-state index in [1.165, 1.54) is 0 Å². The van der Waals surface area contributed by atoms with Gasteiger partial charge in [-0.3, -0.25) is 13.6 Å². The molecule has 0 saturated carbocycles. The van der Waals surface area contributed by atoms with E-state index in [4.69, 9.17) is 14.2 Å². The first kappa shape index (κ1) is 14.5.